The number of carbonyl (C=O) groups excluding carboxylic acids is 4. The fourth-order valence-corrected chi connectivity index (χ4v) is 4.03. The fourth-order valence-electron chi connectivity index (χ4n) is 4.03. The van der Waals surface area contributed by atoms with E-state index in [1.807, 2.05) is 0 Å². The number of hydrazine groups is 1. The SMILES string of the molecule is CC(=O)N[C@@H](CC(=O)O)C(=O)N([C@@H](Cc1ccccc1)C(=O)O)N1C(=O)NC(c2ccc(CN)cc2)C1=O. The van der Waals surface area contributed by atoms with Gasteiger partial charge in [0.25, 0.3) is 11.8 Å². The molecule has 1 fully saturated rings. The van der Waals surface area contributed by atoms with Gasteiger partial charge in [0, 0.05) is 19.9 Å². The molecule has 2 aromatic carbocycles. The highest BCUT2D eigenvalue weighted by Crippen LogP contribution is 2.27. The number of hydrogen-bond acceptors (Lipinski definition) is 7. The Morgan fingerprint density at radius 1 is 1.03 bits per heavy atom. The molecule has 0 bridgehead atoms. The molecule has 0 aromatic heterocycles. The van der Waals surface area contributed by atoms with Crippen molar-refractivity contribution in [2.45, 2.75) is 44.4 Å². The van der Waals surface area contributed by atoms with Crippen LogP contribution < -0.4 is 16.4 Å². The predicted octanol–water partition coefficient (Wildman–Crippen LogP) is 0.157. The van der Waals surface area contributed by atoms with Crippen LogP contribution in [0.15, 0.2) is 54.6 Å². The van der Waals surface area contributed by atoms with Gasteiger partial charge in [0.2, 0.25) is 5.91 Å². The summed E-state index contributed by atoms with van der Waals surface area (Å²) in [5.41, 5.74) is 7.19. The standard InChI is InChI=1S/C25H27N5O8/c1-14(31)27-18(12-20(32)33)22(34)29(19(24(36)37)11-15-5-3-2-4-6-15)30-23(35)21(28-25(30)38)17-9-7-16(13-26)8-10-17/h2-10,18-19,21H,11-13,26H2,1H3,(H,27,31)(H,28,38)(H,32,33)(H,36,37)/t18-,19-,21?/m0/s1. The summed E-state index contributed by atoms with van der Waals surface area (Å²) in [6, 6.07) is 8.66. The molecular formula is C25H27N5O8. The molecule has 5 amide bonds. The van der Waals surface area contributed by atoms with Crippen LogP contribution >= 0.6 is 0 Å². The van der Waals surface area contributed by atoms with Gasteiger partial charge in [-0.05, 0) is 16.7 Å². The Morgan fingerprint density at radius 3 is 2.18 bits per heavy atom. The molecule has 13 nitrogen and oxygen atoms in total. The number of carbonyl (C=O) groups is 6. The molecule has 1 aliphatic rings. The molecule has 1 aliphatic heterocycles. The zero-order valence-electron chi connectivity index (χ0n) is 20.4. The smallest absolute Gasteiger partial charge is 0.344 e. The molecule has 2 aromatic rings. The first-order valence-corrected chi connectivity index (χ1v) is 11.6. The van der Waals surface area contributed by atoms with Gasteiger partial charge >= 0.3 is 18.0 Å². The normalized spacial score (nSPS) is 16.4. The van der Waals surface area contributed by atoms with Crippen molar-refractivity contribution in [1.82, 2.24) is 20.7 Å². The third-order valence-electron chi connectivity index (χ3n) is 5.81. The third-order valence-corrected chi connectivity index (χ3v) is 5.81. The minimum atomic E-state index is -1.80. The summed E-state index contributed by atoms with van der Waals surface area (Å²) < 4.78 is 0. The molecule has 38 heavy (non-hydrogen) atoms. The summed E-state index contributed by atoms with van der Waals surface area (Å²) in [6.45, 7) is 1.29. The lowest BCUT2D eigenvalue weighted by Gasteiger charge is -2.36. The lowest BCUT2D eigenvalue weighted by molar-refractivity contribution is -0.170. The van der Waals surface area contributed by atoms with Gasteiger partial charge in [-0.15, -0.1) is 0 Å². The number of benzene rings is 2. The van der Waals surface area contributed by atoms with Gasteiger partial charge < -0.3 is 26.6 Å². The number of aliphatic carboxylic acids is 2. The van der Waals surface area contributed by atoms with Crippen molar-refractivity contribution in [3.8, 4) is 0 Å². The van der Waals surface area contributed by atoms with E-state index in [2.05, 4.69) is 10.6 Å². The molecule has 0 saturated carbocycles. The number of nitrogens with two attached hydrogens (primary N) is 1. The second-order valence-electron chi connectivity index (χ2n) is 8.56. The lowest BCUT2D eigenvalue weighted by atomic mass is 10.0. The number of imide groups is 1. The van der Waals surface area contributed by atoms with E-state index in [0.717, 1.165) is 12.5 Å². The van der Waals surface area contributed by atoms with Crippen molar-refractivity contribution < 1.29 is 39.0 Å². The van der Waals surface area contributed by atoms with E-state index in [1.165, 1.54) is 0 Å². The largest absolute Gasteiger partial charge is 0.481 e. The highest BCUT2D eigenvalue weighted by molar-refractivity contribution is 6.07. The molecule has 0 radical (unpaired) electrons. The highest BCUT2D eigenvalue weighted by atomic mass is 16.4. The van der Waals surface area contributed by atoms with E-state index in [0.29, 0.717) is 21.1 Å². The molecule has 1 unspecified atom stereocenters. The molecule has 0 spiro atoms. The number of nitrogens with one attached hydrogen (secondary N) is 2. The number of nitrogens with zero attached hydrogens (tertiary/aromatic N) is 2. The second-order valence-corrected chi connectivity index (χ2v) is 8.56. The van der Waals surface area contributed by atoms with Crippen LogP contribution in [0.1, 0.15) is 36.1 Å². The van der Waals surface area contributed by atoms with Crippen LogP contribution in [0.3, 0.4) is 0 Å². The molecular weight excluding hydrogens is 498 g/mol. The Morgan fingerprint density at radius 2 is 1.66 bits per heavy atom. The quantitative estimate of drug-likeness (QED) is 0.253. The summed E-state index contributed by atoms with van der Waals surface area (Å²) in [4.78, 5) is 75.8. The van der Waals surface area contributed by atoms with Gasteiger partial charge in [-0.3, -0.25) is 19.2 Å². The first-order chi connectivity index (χ1) is 18.0. The predicted molar refractivity (Wildman–Crippen MR) is 131 cm³/mol. The van der Waals surface area contributed by atoms with Crippen LogP contribution in [0.5, 0.6) is 0 Å². The van der Waals surface area contributed by atoms with Crippen LogP contribution in [-0.2, 0) is 36.9 Å². The lowest BCUT2D eigenvalue weighted by Crippen LogP contribution is -2.62. The van der Waals surface area contributed by atoms with Gasteiger partial charge in [0.15, 0.2) is 6.04 Å². The van der Waals surface area contributed by atoms with Crippen LogP contribution in [-0.4, -0.2) is 68.0 Å². The van der Waals surface area contributed by atoms with Gasteiger partial charge in [-0.1, -0.05) is 54.6 Å². The summed E-state index contributed by atoms with van der Waals surface area (Å²) >= 11 is 0. The average molecular weight is 526 g/mol. The minimum absolute atomic E-state index is 0.244. The van der Waals surface area contributed by atoms with E-state index in [-0.39, 0.29) is 13.0 Å². The number of hydrogen-bond donors (Lipinski definition) is 5. The fraction of sp³-hybridized carbons (Fsp3) is 0.280. The maximum atomic E-state index is 13.7. The third kappa shape index (κ3) is 6.31. The summed E-state index contributed by atoms with van der Waals surface area (Å²) in [7, 11) is 0. The molecule has 6 N–H and O–H groups in total. The number of carboxylic acid groups (broad SMARTS) is 2. The van der Waals surface area contributed by atoms with Crippen molar-refractivity contribution in [3.05, 3.63) is 71.3 Å². The van der Waals surface area contributed by atoms with Crippen LogP contribution in [0.4, 0.5) is 4.79 Å². The molecule has 3 rings (SSSR count). The Labute approximate surface area is 217 Å². The summed E-state index contributed by atoms with van der Waals surface area (Å²) in [5.74, 6) is -6.01. The first kappa shape index (κ1) is 27.8. The van der Waals surface area contributed by atoms with Gasteiger partial charge in [0.05, 0.1) is 6.42 Å². The zero-order chi connectivity index (χ0) is 28.0. The maximum absolute atomic E-state index is 13.7. The molecule has 1 heterocycles. The van der Waals surface area contributed by atoms with Crippen molar-refractivity contribution in [1.29, 1.82) is 0 Å². The zero-order valence-corrected chi connectivity index (χ0v) is 20.4. The molecule has 1 saturated heterocycles. The number of amides is 5. The van der Waals surface area contributed by atoms with E-state index in [4.69, 9.17) is 5.73 Å². The summed E-state index contributed by atoms with van der Waals surface area (Å²) in [5, 5.41) is 24.8. The second kappa shape index (κ2) is 12.0. The Hall–Kier alpha value is -4.78. The van der Waals surface area contributed by atoms with Crippen LogP contribution in [0.25, 0.3) is 0 Å². The monoisotopic (exact) mass is 525 g/mol. The Bertz CT molecular complexity index is 1220. The van der Waals surface area contributed by atoms with E-state index in [1.54, 1.807) is 54.6 Å². The molecule has 200 valence electrons. The molecule has 0 aliphatic carbocycles. The number of urea groups is 1. The van der Waals surface area contributed by atoms with E-state index in [9.17, 15) is 39.0 Å². The van der Waals surface area contributed by atoms with Crippen LogP contribution in [0.2, 0.25) is 0 Å². The minimum Gasteiger partial charge on any atom is -0.481 e. The molecule has 3 atom stereocenters. The Kier molecular flexibility index (Phi) is 8.76. The molecule has 13 heteroatoms. The maximum Gasteiger partial charge on any atom is 0.344 e. The average Bonchev–Trinajstić information content (AvgIpc) is 3.16. The van der Waals surface area contributed by atoms with Crippen molar-refractivity contribution in [2.24, 2.45) is 5.73 Å². The number of rotatable bonds is 11. The van der Waals surface area contributed by atoms with Crippen molar-refractivity contribution >= 4 is 35.7 Å². The summed E-state index contributed by atoms with van der Waals surface area (Å²) in [6.07, 6.45) is -1.24. The van der Waals surface area contributed by atoms with Gasteiger partial charge in [-0.2, -0.15) is 5.01 Å². The van der Waals surface area contributed by atoms with Crippen molar-refractivity contribution in [3.63, 3.8) is 0 Å². The van der Waals surface area contributed by atoms with Gasteiger partial charge in [0.1, 0.15) is 12.1 Å². The number of carboxylic acids is 2. The Balaban J connectivity index is 2.07. The van der Waals surface area contributed by atoms with E-state index >= 15 is 0 Å². The highest BCUT2D eigenvalue weighted by Gasteiger charge is 2.49. The van der Waals surface area contributed by atoms with E-state index < -0.39 is 60.2 Å². The van der Waals surface area contributed by atoms with Crippen molar-refractivity contribution in [2.75, 3.05) is 0 Å². The topological polar surface area (TPSA) is 199 Å². The first-order valence-electron chi connectivity index (χ1n) is 11.6. The van der Waals surface area contributed by atoms with Crippen LogP contribution in [0, 0.1) is 0 Å². The van der Waals surface area contributed by atoms with Gasteiger partial charge in [-0.25, -0.2) is 14.6 Å².